The third kappa shape index (κ3) is 4.20. The fraction of sp³-hybridized carbons (Fsp3) is 0.600. The van der Waals surface area contributed by atoms with Gasteiger partial charge in [0, 0.05) is 23.1 Å². The van der Waals surface area contributed by atoms with Gasteiger partial charge in [-0.05, 0) is 40.9 Å². The van der Waals surface area contributed by atoms with Gasteiger partial charge in [0.1, 0.15) is 5.75 Å². The summed E-state index contributed by atoms with van der Waals surface area (Å²) >= 11 is 7.00. The van der Waals surface area contributed by atoms with Crippen LogP contribution >= 0.6 is 31.9 Å². The minimum atomic E-state index is -0.533. The fourth-order valence-corrected chi connectivity index (χ4v) is 4.27. The Balaban J connectivity index is 1.97. The highest BCUT2D eigenvalue weighted by Crippen LogP contribution is 2.33. The van der Waals surface area contributed by atoms with Crippen molar-refractivity contribution in [2.75, 3.05) is 13.7 Å². The zero-order valence-corrected chi connectivity index (χ0v) is 14.9. The summed E-state index contributed by atoms with van der Waals surface area (Å²) in [6.07, 6.45) is 5.31. The van der Waals surface area contributed by atoms with Gasteiger partial charge in [0.15, 0.2) is 0 Å². The number of methoxy groups -OCH3 is 1. The van der Waals surface area contributed by atoms with E-state index in [1.165, 1.54) is 6.42 Å². The first-order chi connectivity index (χ1) is 9.54. The highest BCUT2D eigenvalue weighted by molar-refractivity contribution is 9.11. The number of halogens is 2. The molecule has 0 atom stereocenters. The Morgan fingerprint density at radius 2 is 1.95 bits per heavy atom. The lowest BCUT2D eigenvalue weighted by Crippen LogP contribution is -2.41. The van der Waals surface area contributed by atoms with Gasteiger partial charge in [-0.2, -0.15) is 0 Å². The first-order valence-corrected chi connectivity index (χ1v) is 8.58. The molecule has 20 heavy (non-hydrogen) atoms. The number of hydrogen-bond donors (Lipinski definition) is 2. The maximum absolute atomic E-state index is 10.5. The van der Waals surface area contributed by atoms with Crippen LogP contribution in [0.15, 0.2) is 21.1 Å². The van der Waals surface area contributed by atoms with Crippen LogP contribution in [-0.4, -0.2) is 24.4 Å². The van der Waals surface area contributed by atoms with Gasteiger partial charge in [-0.3, -0.25) is 0 Å². The van der Waals surface area contributed by atoms with Crippen molar-refractivity contribution in [2.24, 2.45) is 0 Å². The molecule has 0 spiro atoms. The minimum Gasteiger partial charge on any atom is -0.495 e. The van der Waals surface area contributed by atoms with Crippen LogP contribution in [0.2, 0.25) is 0 Å². The van der Waals surface area contributed by atoms with E-state index in [1.54, 1.807) is 7.11 Å². The molecule has 1 fully saturated rings. The van der Waals surface area contributed by atoms with Crippen molar-refractivity contribution in [2.45, 2.75) is 44.2 Å². The number of aliphatic hydroxyl groups is 1. The second-order valence-corrected chi connectivity index (χ2v) is 7.24. The van der Waals surface area contributed by atoms with Gasteiger partial charge in [0.05, 0.1) is 17.2 Å². The van der Waals surface area contributed by atoms with E-state index >= 15 is 0 Å². The van der Waals surface area contributed by atoms with Gasteiger partial charge in [-0.25, -0.2) is 0 Å². The lowest BCUT2D eigenvalue weighted by molar-refractivity contribution is 0.00464. The lowest BCUT2D eigenvalue weighted by Gasteiger charge is -2.32. The quantitative estimate of drug-likeness (QED) is 0.776. The highest BCUT2D eigenvalue weighted by atomic mass is 79.9. The number of nitrogens with one attached hydrogen (secondary N) is 1. The number of hydrogen-bond acceptors (Lipinski definition) is 3. The number of benzene rings is 1. The van der Waals surface area contributed by atoms with Crippen molar-refractivity contribution in [1.82, 2.24) is 5.32 Å². The van der Waals surface area contributed by atoms with Gasteiger partial charge in [-0.1, -0.05) is 35.2 Å². The van der Waals surface area contributed by atoms with Crippen molar-refractivity contribution in [1.29, 1.82) is 0 Å². The highest BCUT2D eigenvalue weighted by Gasteiger charge is 2.28. The van der Waals surface area contributed by atoms with Crippen LogP contribution in [0, 0.1) is 0 Å². The van der Waals surface area contributed by atoms with E-state index in [1.807, 2.05) is 12.1 Å². The Hall–Kier alpha value is -0.100. The number of rotatable bonds is 5. The summed E-state index contributed by atoms with van der Waals surface area (Å²) in [4.78, 5) is 0. The van der Waals surface area contributed by atoms with Crippen LogP contribution in [0.1, 0.15) is 37.7 Å². The molecule has 1 aliphatic carbocycles. The summed E-state index contributed by atoms with van der Waals surface area (Å²) in [5, 5.41) is 13.8. The first kappa shape index (κ1) is 16.3. The third-order valence-electron chi connectivity index (χ3n) is 3.84. The molecular weight excluding hydrogens is 386 g/mol. The molecule has 0 amide bonds. The van der Waals surface area contributed by atoms with Gasteiger partial charge >= 0.3 is 0 Å². The summed E-state index contributed by atoms with van der Waals surface area (Å²) in [6, 6.07) is 4.01. The van der Waals surface area contributed by atoms with E-state index in [0.717, 1.165) is 45.9 Å². The van der Waals surface area contributed by atoms with Gasteiger partial charge in [-0.15, -0.1) is 0 Å². The molecule has 0 bridgehead atoms. The van der Waals surface area contributed by atoms with Crippen LogP contribution in [-0.2, 0) is 6.54 Å². The molecule has 0 aromatic heterocycles. The van der Waals surface area contributed by atoms with Crippen LogP contribution in [0.25, 0.3) is 0 Å². The molecule has 2 N–H and O–H groups in total. The van der Waals surface area contributed by atoms with E-state index in [9.17, 15) is 5.11 Å². The smallest absolute Gasteiger partial charge is 0.137 e. The molecule has 1 saturated carbocycles. The van der Waals surface area contributed by atoms with Gasteiger partial charge in [0.2, 0.25) is 0 Å². The van der Waals surface area contributed by atoms with Crippen molar-refractivity contribution in [3.8, 4) is 5.75 Å². The van der Waals surface area contributed by atoms with Crippen molar-refractivity contribution >= 4 is 31.9 Å². The monoisotopic (exact) mass is 405 g/mol. The first-order valence-electron chi connectivity index (χ1n) is 6.99. The van der Waals surface area contributed by atoms with Crippen LogP contribution in [0.4, 0.5) is 0 Å². The molecule has 1 aromatic carbocycles. The predicted octanol–water partition coefficient (Wildman–Crippen LogP) is 4.01. The lowest BCUT2D eigenvalue weighted by atomic mass is 9.85. The second kappa shape index (κ2) is 7.25. The molecule has 0 unspecified atom stereocenters. The summed E-state index contributed by atoms with van der Waals surface area (Å²) < 4.78 is 7.37. The SMILES string of the molecule is COc1c(Br)cc(Br)cc1CNCC1(O)CCCCC1. The Morgan fingerprint density at radius 3 is 2.60 bits per heavy atom. The van der Waals surface area contributed by atoms with E-state index in [2.05, 4.69) is 37.2 Å². The van der Waals surface area contributed by atoms with Crippen molar-refractivity contribution in [3.05, 3.63) is 26.6 Å². The van der Waals surface area contributed by atoms with E-state index in [4.69, 9.17) is 4.74 Å². The Kier molecular flexibility index (Phi) is 5.90. The van der Waals surface area contributed by atoms with E-state index in [0.29, 0.717) is 13.1 Å². The molecule has 3 nitrogen and oxygen atoms in total. The second-order valence-electron chi connectivity index (χ2n) is 5.47. The van der Waals surface area contributed by atoms with Crippen molar-refractivity contribution < 1.29 is 9.84 Å². The molecular formula is C15H21Br2NO2. The molecule has 2 rings (SSSR count). The maximum Gasteiger partial charge on any atom is 0.137 e. The zero-order valence-electron chi connectivity index (χ0n) is 11.7. The molecule has 0 radical (unpaired) electrons. The van der Waals surface area contributed by atoms with Crippen LogP contribution < -0.4 is 10.1 Å². The molecule has 1 aromatic rings. The Morgan fingerprint density at radius 1 is 1.25 bits per heavy atom. The Labute approximate surface area is 137 Å². The topological polar surface area (TPSA) is 41.5 Å². The van der Waals surface area contributed by atoms with Crippen molar-refractivity contribution in [3.63, 3.8) is 0 Å². The molecule has 5 heteroatoms. The summed E-state index contributed by atoms with van der Waals surface area (Å²) in [5.74, 6) is 0.844. The molecule has 1 aliphatic rings. The average molecular weight is 407 g/mol. The fourth-order valence-electron chi connectivity index (χ4n) is 2.79. The Bertz CT molecular complexity index is 459. The van der Waals surface area contributed by atoms with Crippen LogP contribution in [0.5, 0.6) is 5.75 Å². The zero-order chi connectivity index (χ0) is 14.6. The molecule has 0 heterocycles. The van der Waals surface area contributed by atoms with E-state index in [-0.39, 0.29) is 0 Å². The third-order valence-corrected chi connectivity index (χ3v) is 4.89. The largest absolute Gasteiger partial charge is 0.495 e. The predicted molar refractivity (Wildman–Crippen MR) is 88.1 cm³/mol. The average Bonchev–Trinajstić information content (AvgIpc) is 2.39. The summed E-state index contributed by atoms with van der Waals surface area (Å²) in [5.41, 5.74) is 0.544. The normalized spacial score (nSPS) is 18.0. The van der Waals surface area contributed by atoms with Crippen LogP contribution in [0.3, 0.4) is 0 Å². The maximum atomic E-state index is 10.5. The summed E-state index contributed by atoms with van der Waals surface area (Å²) in [6.45, 7) is 1.32. The number of ether oxygens (including phenoxy) is 1. The van der Waals surface area contributed by atoms with Gasteiger partial charge < -0.3 is 15.2 Å². The summed E-state index contributed by atoms with van der Waals surface area (Å²) in [7, 11) is 1.67. The van der Waals surface area contributed by atoms with Gasteiger partial charge in [0.25, 0.3) is 0 Å². The minimum absolute atomic E-state index is 0.533. The molecule has 112 valence electrons. The van der Waals surface area contributed by atoms with E-state index < -0.39 is 5.60 Å². The molecule has 0 aliphatic heterocycles. The standard InChI is InChI=1S/C15H21Br2NO2/c1-20-14-11(7-12(16)8-13(14)17)9-18-10-15(19)5-3-2-4-6-15/h7-8,18-19H,2-6,9-10H2,1H3. The molecule has 0 saturated heterocycles.